The zero-order chi connectivity index (χ0) is 19.8. The van der Waals surface area contributed by atoms with Crippen molar-refractivity contribution < 1.29 is 0 Å². The number of nitrogens with two attached hydrogens (primary N) is 1. The largest absolute Gasteiger partial charge is 0.383 e. The van der Waals surface area contributed by atoms with Gasteiger partial charge < -0.3 is 10.3 Å². The number of nitriles is 2. The number of pyridine rings is 1. The highest BCUT2D eigenvalue weighted by Gasteiger charge is 2.34. The molecule has 0 aliphatic heterocycles. The lowest BCUT2D eigenvalue weighted by Gasteiger charge is -2.19. The Morgan fingerprint density at radius 2 is 1.82 bits per heavy atom. The van der Waals surface area contributed by atoms with Crippen LogP contribution in [0, 0.1) is 29.6 Å². The minimum Gasteiger partial charge on any atom is -0.383 e. The van der Waals surface area contributed by atoms with E-state index in [1.165, 1.54) is 0 Å². The Labute approximate surface area is 164 Å². The summed E-state index contributed by atoms with van der Waals surface area (Å²) in [4.78, 5) is 4.42. The van der Waals surface area contributed by atoms with Crippen molar-refractivity contribution in [3.63, 3.8) is 0 Å². The number of hydrogen-bond acceptors (Lipinski definition) is 4. The molecule has 1 aliphatic rings. The van der Waals surface area contributed by atoms with Crippen LogP contribution >= 0.6 is 0 Å². The summed E-state index contributed by atoms with van der Waals surface area (Å²) in [7, 11) is 0. The molecule has 3 aromatic rings. The molecule has 4 rings (SSSR count). The van der Waals surface area contributed by atoms with Gasteiger partial charge in [0.05, 0.1) is 16.8 Å². The number of aromatic nitrogens is 2. The number of benzene rings is 1. The third-order valence-corrected chi connectivity index (χ3v) is 5.53. The van der Waals surface area contributed by atoms with Crippen molar-refractivity contribution in [3.05, 3.63) is 82.3 Å². The van der Waals surface area contributed by atoms with E-state index in [-0.39, 0.29) is 11.7 Å². The summed E-state index contributed by atoms with van der Waals surface area (Å²) in [5, 5.41) is 19.2. The summed E-state index contributed by atoms with van der Waals surface area (Å²) in [6.45, 7) is 3.87. The van der Waals surface area contributed by atoms with Crippen LogP contribution in [0.5, 0.6) is 0 Å². The molecule has 0 radical (unpaired) electrons. The average Bonchev–Trinajstić information content (AvgIpc) is 3.26. The molecule has 1 aliphatic carbocycles. The fraction of sp³-hybridized carbons (Fsp3) is 0.174. The van der Waals surface area contributed by atoms with E-state index in [0.717, 1.165) is 28.1 Å². The molecule has 0 spiro atoms. The Morgan fingerprint density at radius 3 is 2.50 bits per heavy atom. The van der Waals surface area contributed by atoms with E-state index in [2.05, 4.69) is 39.9 Å². The van der Waals surface area contributed by atoms with E-state index in [1.54, 1.807) is 0 Å². The molecule has 5 heteroatoms. The topological polar surface area (TPSA) is 91.4 Å². The predicted octanol–water partition coefficient (Wildman–Crippen LogP) is 4.27. The van der Waals surface area contributed by atoms with Crippen LogP contribution in [0.25, 0.3) is 11.3 Å². The van der Waals surface area contributed by atoms with Crippen LogP contribution in [-0.4, -0.2) is 9.55 Å². The molecular formula is C23H19N5. The summed E-state index contributed by atoms with van der Waals surface area (Å²) in [6, 6.07) is 18.7. The molecule has 2 heterocycles. The first-order valence-corrected chi connectivity index (χ1v) is 9.09. The summed E-state index contributed by atoms with van der Waals surface area (Å²) in [6.07, 6.45) is 2.75. The van der Waals surface area contributed by atoms with Gasteiger partial charge >= 0.3 is 0 Å². The van der Waals surface area contributed by atoms with Gasteiger partial charge in [-0.3, -0.25) is 0 Å². The van der Waals surface area contributed by atoms with Gasteiger partial charge in [0, 0.05) is 23.5 Å². The van der Waals surface area contributed by atoms with Gasteiger partial charge in [-0.15, -0.1) is 0 Å². The Bertz CT molecular complexity index is 1190. The molecule has 28 heavy (non-hydrogen) atoms. The van der Waals surface area contributed by atoms with Crippen molar-refractivity contribution in [1.29, 1.82) is 10.5 Å². The maximum atomic E-state index is 9.71. The lowest BCUT2D eigenvalue weighted by molar-refractivity contribution is 0.755. The standard InChI is InChI=1S/C23H19N5/c1-14-18(11-17-9-6-10-28(17)16-7-4-3-5-8-16)21-15(2)20(13-25)23(26)27-22(21)19(14)12-24/h3-10,18H,11H2,1-2H3,(H2,26,27)/t18-/m0/s1. The van der Waals surface area contributed by atoms with Gasteiger partial charge in [-0.25, -0.2) is 4.98 Å². The zero-order valence-electron chi connectivity index (χ0n) is 15.8. The second-order valence-corrected chi connectivity index (χ2v) is 7.00. The first-order chi connectivity index (χ1) is 13.6. The number of fused-ring (bicyclic) bond motifs is 1. The normalized spacial score (nSPS) is 15.2. The number of anilines is 1. The number of hydrogen-bond donors (Lipinski definition) is 1. The molecule has 2 aromatic heterocycles. The van der Waals surface area contributed by atoms with Gasteiger partial charge in [-0.2, -0.15) is 10.5 Å². The molecule has 0 fully saturated rings. The van der Waals surface area contributed by atoms with E-state index in [0.29, 0.717) is 23.3 Å². The summed E-state index contributed by atoms with van der Waals surface area (Å²) in [5.74, 6) is 0.176. The van der Waals surface area contributed by atoms with Crippen molar-refractivity contribution in [3.8, 4) is 17.8 Å². The van der Waals surface area contributed by atoms with Gasteiger partial charge in [0.15, 0.2) is 0 Å². The van der Waals surface area contributed by atoms with Gasteiger partial charge in [-0.1, -0.05) is 18.2 Å². The molecule has 0 saturated carbocycles. The molecule has 136 valence electrons. The molecule has 2 N–H and O–H groups in total. The highest BCUT2D eigenvalue weighted by Crippen LogP contribution is 2.45. The third kappa shape index (κ3) is 2.57. The van der Waals surface area contributed by atoms with Gasteiger partial charge in [0.25, 0.3) is 0 Å². The molecule has 1 atom stereocenters. The molecule has 0 bridgehead atoms. The van der Waals surface area contributed by atoms with Gasteiger partial charge in [0.2, 0.25) is 0 Å². The van der Waals surface area contributed by atoms with Crippen LogP contribution in [0.3, 0.4) is 0 Å². The molecule has 0 saturated heterocycles. The van der Waals surface area contributed by atoms with Crippen molar-refractivity contribution >= 4 is 11.4 Å². The van der Waals surface area contributed by atoms with Crippen molar-refractivity contribution in [2.75, 3.05) is 5.73 Å². The molecular weight excluding hydrogens is 346 g/mol. The first-order valence-electron chi connectivity index (χ1n) is 9.09. The van der Waals surface area contributed by atoms with E-state index in [1.807, 2.05) is 44.3 Å². The Balaban J connectivity index is 1.84. The minimum absolute atomic E-state index is 0.0118. The second-order valence-electron chi connectivity index (χ2n) is 7.00. The van der Waals surface area contributed by atoms with E-state index >= 15 is 0 Å². The van der Waals surface area contributed by atoms with Crippen LogP contribution in [0.4, 0.5) is 5.82 Å². The van der Waals surface area contributed by atoms with Crippen molar-refractivity contribution in [1.82, 2.24) is 9.55 Å². The maximum Gasteiger partial charge on any atom is 0.142 e. The lowest BCUT2D eigenvalue weighted by Crippen LogP contribution is -2.10. The maximum absolute atomic E-state index is 9.71. The van der Waals surface area contributed by atoms with E-state index in [4.69, 9.17) is 5.73 Å². The predicted molar refractivity (Wildman–Crippen MR) is 109 cm³/mol. The number of nitrogens with zero attached hydrogens (tertiary/aromatic N) is 4. The quantitative estimate of drug-likeness (QED) is 0.750. The molecule has 0 amide bonds. The monoisotopic (exact) mass is 365 g/mol. The first kappa shape index (κ1) is 17.6. The Hall–Kier alpha value is -3.83. The Kier molecular flexibility index (Phi) is 4.22. The number of allylic oxidation sites excluding steroid dienone is 2. The minimum atomic E-state index is -0.0118. The van der Waals surface area contributed by atoms with E-state index < -0.39 is 0 Å². The average molecular weight is 365 g/mol. The molecule has 1 aromatic carbocycles. The second kappa shape index (κ2) is 6.72. The summed E-state index contributed by atoms with van der Waals surface area (Å²) < 4.78 is 2.16. The van der Waals surface area contributed by atoms with Gasteiger partial charge in [0.1, 0.15) is 18.0 Å². The fourth-order valence-corrected chi connectivity index (χ4v) is 4.11. The third-order valence-electron chi connectivity index (χ3n) is 5.53. The van der Waals surface area contributed by atoms with Gasteiger partial charge in [-0.05, 0) is 61.2 Å². The highest BCUT2D eigenvalue weighted by atomic mass is 15.0. The number of para-hydroxylation sites is 1. The smallest absolute Gasteiger partial charge is 0.142 e. The van der Waals surface area contributed by atoms with Crippen molar-refractivity contribution in [2.45, 2.75) is 26.2 Å². The van der Waals surface area contributed by atoms with Crippen LogP contribution in [0.2, 0.25) is 0 Å². The van der Waals surface area contributed by atoms with Crippen LogP contribution in [0.1, 0.15) is 40.9 Å². The number of nitrogen functional groups attached to an aromatic ring is 1. The lowest BCUT2D eigenvalue weighted by atomic mass is 9.88. The van der Waals surface area contributed by atoms with E-state index in [9.17, 15) is 10.5 Å². The van der Waals surface area contributed by atoms with Crippen LogP contribution in [-0.2, 0) is 6.42 Å². The SMILES string of the molecule is CC1=C(C#N)c2nc(N)c(C#N)c(C)c2[C@H]1Cc1cccn1-c1ccccc1. The summed E-state index contributed by atoms with van der Waals surface area (Å²) >= 11 is 0. The van der Waals surface area contributed by atoms with Crippen LogP contribution in [0.15, 0.2) is 54.2 Å². The zero-order valence-corrected chi connectivity index (χ0v) is 15.8. The number of rotatable bonds is 3. The highest BCUT2D eigenvalue weighted by molar-refractivity contribution is 5.86. The van der Waals surface area contributed by atoms with Crippen molar-refractivity contribution in [2.24, 2.45) is 0 Å². The summed E-state index contributed by atoms with van der Waals surface area (Å²) in [5.41, 5.74) is 12.5. The molecule has 5 nitrogen and oxygen atoms in total. The van der Waals surface area contributed by atoms with Crippen LogP contribution < -0.4 is 5.73 Å². The Morgan fingerprint density at radius 1 is 1.07 bits per heavy atom. The fourth-order valence-electron chi connectivity index (χ4n) is 4.11. The molecule has 0 unspecified atom stereocenters.